The average molecular weight is 398 g/mol. The number of hydrogen-bond donors (Lipinski definition) is 0. The molecule has 29 heavy (non-hydrogen) atoms. The van der Waals surface area contributed by atoms with Gasteiger partial charge in [0.15, 0.2) is 0 Å². The molecule has 0 radical (unpaired) electrons. The number of carbonyl (C=O) groups is 2. The second-order valence-corrected chi connectivity index (χ2v) is 9.80. The van der Waals surface area contributed by atoms with Crippen molar-refractivity contribution in [2.75, 3.05) is 6.54 Å². The van der Waals surface area contributed by atoms with Crippen LogP contribution in [0.4, 0.5) is 4.79 Å². The van der Waals surface area contributed by atoms with E-state index in [2.05, 4.69) is 6.92 Å². The molecule has 1 saturated heterocycles. The molecule has 1 amide bonds. The van der Waals surface area contributed by atoms with Crippen LogP contribution in [0.15, 0.2) is 30.3 Å². The molecule has 1 aromatic carbocycles. The molecule has 5 fully saturated rings. The Morgan fingerprint density at radius 3 is 2.34 bits per heavy atom. The predicted octanol–water partition coefficient (Wildman–Crippen LogP) is 4.55. The molecular formula is C24H31NO4. The van der Waals surface area contributed by atoms with Crippen molar-refractivity contribution >= 4 is 12.1 Å². The lowest BCUT2D eigenvalue weighted by molar-refractivity contribution is -0.170. The van der Waals surface area contributed by atoms with Gasteiger partial charge in [-0.3, -0.25) is 4.90 Å². The molecule has 0 spiro atoms. The Balaban J connectivity index is 1.23. The van der Waals surface area contributed by atoms with Crippen LogP contribution in [-0.2, 0) is 20.9 Å². The fourth-order valence-corrected chi connectivity index (χ4v) is 6.59. The summed E-state index contributed by atoms with van der Waals surface area (Å²) >= 11 is 0. The predicted molar refractivity (Wildman–Crippen MR) is 108 cm³/mol. The van der Waals surface area contributed by atoms with E-state index >= 15 is 0 Å². The van der Waals surface area contributed by atoms with Gasteiger partial charge in [0.2, 0.25) is 0 Å². The first-order chi connectivity index (χ1) is 14.0. The number of hydrogen-bond acceptors (Lipinski definition) is 4. The minimum absolute atomic E-state index is 0.240. The van der Waals surface area contributed by atoms with Gasteiger partial charge >= 0.3 is 12.1 Å². The first kappa shape index (κ1) is 19.0. The Morgan fingerprint density at radius 1 is 1.03 bits per heavy atom. The first-order valence-corrected chi connectivity index (χ1v) is 11.2. The van der Waals surface area contributed by atoms with Crippen molar-refractivity contribution in [2.24, 2.45) is 23.7 Å². The molecule has 4 saturated carbocycles. The summed E-state index contributed by atoms with van der Waals surface area (Å²) in [7, 11) is 0. The molecular weight excluding hydrogens is 366 g/mol. The fourth-order valence-electron chi connectivity index (χ4n) is 6.59. The molecule has 1 aliphatic heterocycles. The van der Waals surface area contributed by atoms with Gasteiger partial charge in [0, 0.05) is 6.54 Å². The van der Waals surface area contributed by atoms with Crippen molar-refractivity contribution < 1.29 is 19.1 Å². The smallest absolute Gasteiger partial charge is 0.411 e. The van der Waals surface area contributed by atoms with Gasteiger partial charge in [-0.1, -0.05) is 30.3 Å². The standard InChI is InChI=1S/C24H31NO4/c1-24(19-11-17-10-18(13-19)14-20(24)12-17)29-23(27)25-9-5-8-21(25)22(26)28-15-16-6-3-2-4-7-16/h2-4,6-7,17-21H,5,8-15H2,1H3. The number of likely N-dealkylation sites (tertiary alicyclic amines) is 1. The molecule has 4 aliphatic carbocycles. The second kappa shape index (κ2) is 7.33. The maximum Gasteiger partial charge on any atom is 0.411 e. The Morgan fingerprint density at radius 2 is 1.69 bits per heavy atom. The van der Waals surface area contributed by atoms with Crippen LogP contribution in [0.25, 0.3) is 0 Å². The molecule has 1 atom stereocenters. The van der Waals surface area contributed by atoms with Crippen LogP contribution >= 0.6 is 0 Å². The highest BCUT2D eigenvalue weighted by Crippen LogP contribution is 2.59. The van der Waals surface area contributed by atoms with Gasteiger partial charge in [-0.25, -0.2) is 9.59 Å². The highest BCUT2D eigenvalue weighted by Gasteiger charge is 2.57. The van der Waals surface area contributed by atoms with E-state index in [1.807, 2.05) is 30.3 Å². The molecule has 5 nitrogen and oxygen atoms in total. The zero-order valence-corrected chi connectivity index (χ0v) is 17.2. The highest BCUT2D eigenvalue weighted by atomic mass is 16.6. The molecule has 5 heteroatoms. The van der Waals surface area contributed by atoms with Gasteiger partial charge in [-0.15, -0.1) is 0 Å². The number of esters is 1. The summed E-state index contributed by atoms with van der Waals surface area (Å²) in [6, 6.07) is 9.13. The van der Waals surface area contributed by atoms with Crippen molar-refractivity contribution in [3.63, 3.8) is 0 Å². The molecule has 6 rings (SSSR count). The molecule has 0 N–H and O–H groups in total. The van der Waals surface area contributed by atoms with Gasteiger partial charge < -0.3 is 9.47 Å². The summed E-state index contributed by atoms with van der Waals surface area (Å²) in [6.07, 6.45) is 7.29. The van der Waals surface area contributed by atoms with E-state index in [1.54, 1.807) is 4.90 Å². The molecule has 1 unspecified atom stereocenters. The number of benzene rings is 1. The zero-order valence-electron chi connectivity index (χ0n) is 17.2. The Bertz CT molecular complexity index is 748. The first-order valence-electron chi connectivity index (χ1n) is 11.2. The summed E-state index contributed by atoms with van der Waals surface area (Å²) in [6.45, 7) is 2.96. The molecule has 156 valence electrons. The summed E-state index contributed by atoms with van der Waals surface area (Å²) in [5.41, 5.74) is 0.583. The van der Waals surface area contributed by atoms with Crippen molar-refractivity contribution in [2.45, 2.75) is 70.1 Å². The Hall–Kier alpha value is -2.04. The van der Waals surface area contributed by atoms with Gasteiger partial charge in [0.25, 0.3) is 0 Å². The van der Waals surface area contributed by atoms with Crippen LogP contribution in [0.1, 0.15) is 57.4 Å². The maximum atomic E-state index is 13.1. The number of amides is 1. The number of ether oxygens (including phenoxy) is 2. The van der Waals surface area contributed by atoms with Crippen LogP contribution < -0.4 is 0 Å². The molecule has 1 heterocycles. The van der Waals surface area contributed by atoms with Crippen molar-refractivity contribution in [1.29, 1.82) is 0 Å². The summed E-state index contributed by atoms with van der Waals surface area (Å²) < 4.78 is 11.7. The van der Waals surface area contributed by atoms with Crippen LogP contribution in [-0.4, -0.2) is 35.2 Å². The van der Waals surface area contributed by atoms with Gasteiger partial charge in [-0.2, -0.15) is 0 Å². The van der Waals surface area contributed by atoms with E-state index in [9.17, 15) is 9.59 Å². The van der Waals surface area contributed by atoms with Crippen LogP contribution in [0.3, 0.4) is 0 Å². The molecule has 4 bridgehead atoms. The monoisotopic (exact) mass is 397 g/mol. The van der Waals surface area contributed by atoms with E-state index in [1.165, 1.54) is 32.1 Å². The zero-order chi connectivity index (χ0) is 20.0. The van der Waals surface area contributed by atoms with E-state index in [-0.39, 0.29) is 24.3 Å². The summed E-state index contributed by atoms with van der Waals surface area (Å²) in [5, 5.41) is 0. The average Bonchev–Trinajstić information content (AvgIpc) is 3.21. The largest absolute Gasteiger partial charge is 0.459 e. The second-order valence-electron chi connectivity index (χ2n) is 9.80. The number of rotatable bonds is 4. The Kier molecular flexibility index (Phi) is 4.79. The third-order valence-corrected chi connectivity index (χ3v) is 8.05. The van der Waals surface area contributed by atoms with Crippen LogP contribution in [0, 0.1) is 23.7 Å². The number of carbonyl (C=O) groups excluding carboxylic acids is 2. The summed E-state index contributed by atoms with van der Waals surface area (Å²) in [5.74, 6) is 2.30. The van der Waals surface area contributed by atoms with Crippen molar-refractivity contribution in [3.8, 4) is 0 Å². The lowest BCUT2D eigenvalue weighted by atomic mass is 9.50. The fraction of sp³-hybridized carbons (Fsp3) is 0.667. The van der Waals surface area contributed by atoms with E-state index in [4.69, 9.17) is 9.47 Å². The minimum Gasteiger partial charge on any atom is -0.459 e. The van der Waals surface area contributed by atoms with E-state index in [0.29, 0.717) is 24.8 Å². The molecule has 0 aromatic heterocycles. The third kappa shape index (κ3) is 3.43. The van der Waals surface area contributed by atoms with Crippen molar-refractivity contribution in [3.05, 3.63) is 35.9 Å². The molecule has 5 aliphatic rings. The number of nitrogens with zero attached hydrogens (tertiary/aromatic N) is 1. The lowest BCUT2D eigenvalue weighted by Gasteiger charge is -2.59. The third-order valence-electron chi connectivity index (χ3n) is 8.05. The van der Waals surface area contributed by atoms with Crippen LogP contribution in [0.5, 0.6) is 0 Å². The Labute approximate surface area is 172 Å². The van der Waals surface area contributed by atoms with E-state index < -0.39 is 6.04 Å². The maximum absolute atomic E-state index is 13.1. The normalized spacial score (nSPS) is 37.6. The molecule has 1 aromatic rings. The minimum atomic E-state index is -0.522. The lowest BCUT2D eigenvalue weighted by Crippen LogP contribution is -2.59. The van der Waals surface area contributed by atoms with Gasteiger partial charge in [0.05, 0.1) is 0 Å². The highest BCUT2D eigenvalue weighted by molar-refractivity contribution is 5.82. The quantitative estimate of drug-likeness (QED) is 0.700. The SMILES string of the molecule is CC1(OC(=O)N2CCCC2C(=O)OCc2ccccc2)C2CC3CC(C2)CC1C3. The van der Waals surface area contributed by atoms with Gasteiger partial charge in [-0.05, 0) is 81.1 Å². The topological polar surface area (TPSA) is 55.8 Å². The van der Waals surface area contributed by atoms with E-state index in [0.717, 1.165) is 23.8 Å². The van der Waals surface area contributed by atoms with Crippen molar-refractivity contribution in [1.82, 2.24) is 4.90 Å². The van der Waals surface area contributed by atoms with Gasteiger partial charge in [0.1, 0.15) is 18.2 Å². The van der Waals surface area contributed by atoms with Crippen LogP contribution in [0.2, 0.25) is 0 Å². The summed E-state index contributed by atoms with van der Waals surface area (Å²) in [4.78, 5) is 27.4.